The molecule has 3 N–H and O–H groups in total. The molecule has 0 aromatic heterocycles. The molecule has 4 rings (SSSR count). The van der Waals surface area contributed by atoms with E-state index in [4.69, 9.17) is 0 Å². The molecular weight excluding hydrogens is 335 g/mol. The van der Waals surface area contributed by atoms with E-state index in [1.807, 2.05) is 19.1 Å². The van der Waals surface area contributed by atoms with Crippen LogP contribution in [0.1, 0.15) is 48.8 Å². The van der Waals surface area contributed by atoms with Crippen molar-refractivity contribution in [1.29, 1.82) is 0 Å². The highest BCUT2D eigenvalue weighted by molar-refractivity contribution is 5.93. The summed E-state index contributed by atoms with van der Waals surface area (Å²) in [5, 5.41) is 31.9. The van der Waals surface area contributed by atoms with Gasteiger partial charge in [-0.15, -0.1) is 0 Å². The number of phenols is 1. The first-order valence-electron chi connectivity index (χ1n) is 9.05. The van der Waals surface area contributed by atoms with Gasteiger partial charge in [-0.2, -0.15) is 0 Å². The van der Waals surface area contributed by atoms with Gasteiger partial charge in [0.15, 0.2) is 5.78 Å². The van der Waals surface area contributed by atoms with Crippen LogP contribution in [0.5, 0.6) is 5.75 Å². The number of carbonyl (C=O) groups is 1. The van der Waals surface area contributed by atoms with Crippen LogP contribution in [-0.2, 0) is 17.9 Å². The molecule has 5 heteroatoms. The highest BCUT2D eigenvalue weighted by Gasteiger charge is 2.61. The Morgan fingerprint density at radius 1 is 1.27 bits per heavy atom. The maximum Gasteiger partial charge on any atom is 0.190 e. The average Bonchev–Trinajstić information content (AvgIpc) is 2.92. The summed E-state index contributed by atoms with van der Waals surface area (Å²) in [6.45, 7) is 0.603. The van der Waals surface area contributed by atoms with Gasteiger partial charge in [-0.3, -0.25) is 4.79 Å². The van der Waals surface area contributed by atoms with Crippen LogP contribution in [0.2, 0.25) is 0 Å². The molecule has 2 aromatic rings. The SMILES string of the molecule is C[C@]12CCc3c(cc(CF)c4cc(O)ccc34)[C@@H]1CC[C@]2(O)C(=O)CO. The quantitative estimate of drug-likeness (QED) is 0.788. The number of ketones is 1. The highest BCUT2D eigenvalue weighted by Crippen LogP contribution is 2.61. The molecule has 0 radical (unpaired) electrons. The summed E-state index contributed by atoms with van der Waals surface area (Å²) < 4.78 is 13.7. The molecular formula is C21H23FO4. The minimum atomic E-state index is -1.54. The lowest BCUT2D eigenvalue weighted by Crippen LogP contribution is -2.53. The standard InChI is InChI=1S/C21H23FO4/c1-20-6-4-15-14-3-2-13(24)9-16(14)12(10-22)8-17(15)18(20)5-7-21(20,26)19(25)11-23/h2-3,8-9,18,23-24,26H,4-7,10-11H2,1H3/t18-,20-,21-/m0/s1. The van der Waals surface area contributed by atoms with Gasteiger partial charge in [0.1, 0.15) is 24.6 Å². The van der Waals surface area contributed by atoms with Crippen molar-refractivity contribution < 1.29 is 24.5 Å². The smallest absolute Gasteiger partial charge is 0.190 e. The van der Waals surface area contributed by atoms with Crippen LogP contribution in [0.3, 0.4) is 0 Å². The van der Waals surface area contributed by atoms with E-state index >= 15 is 0 Å². The van der Waals surface area contributed by atoms with Crippen molar-refractivity contribution in [2.75, 3.05) is 6.61 Å². The minimum absolute atomic E-state index is 0.0600. The van der Waals surface area contributed by atoms with Gasteiger partial charge in [0.2, 0.25) is 0 Å². The van der Waals surface area contributed by atoms with Gasteiger partial charge in [0.05, 0.1) is 0 Å². The molecule has 1 saturated carbocycles. The molecule has 0 spiro atoms. The summed E-state index contributed by atoms with van der Waals surface area (Å²) in [7, 11) is 0. The number of hydrogen-bond donors (Lipinski definition) is 3. The molecule has 0 aliphatic heterocycles. The first-order valence-corrected chi connectivity index (χ1v) is 9.05. The average molecular weight is 358 g/mol. The fraction of sp³-hybridized carbons (Fsp3) is 0.476. The second-order valence-corrected chi connectivity index (χ2v) is 7.92. The molecule has 4 nitrogen and oxygen atoms in total. The van der Waals surface area contributed by atoms with E-state index in [9.17, 15) is 24.5 Å². The predicted molar refractivity (Wildman–Crippen MR) is 95.9 cm³/mol. The van der Waals surface area contributed by atoms with E-state index in [0.29, 0.717) is 31.2 Å². The van der Waals surface area contributed by atoms with Crippen molar-refractivity contribution in [3.05, 3.63) is 41.0 Å². The molecule has 2 aliphatic carbocycles. The third-order valence-electron chi connectivity index (χ3n) is 6.88. The second-order valence-electron chi connectivity index (χ2n) is 7.92. The number of Topliss-reactive ketones (excluding diaryl/α,β-unsaturated/α-hetero) is 1. The number of benzene rings is 2. The third-order valence-corrected chi connectivity index (χ3v) is 6.88. The summed E-state index contributed by atoms with van der Waals surface area (Å²) in [5.41, 5.74) is 0.413. The lowest BCUT2D eigenvalue weighted by Gasteiger charge is -2.46. The van der Waals surface area contributed by atoms with Crippen molar-refractivity contribution >= 4 is 16.6 Å². The van der Waals surface area contributed by atoms with Crippen LogP contribution < -0.4 is 0 Å². The molecule has 2 aromatic carbocycles. The van der Waals surface area contributed by atoms with Crippen LogP contribution in [0, 0.1) is 5.41 Å². The van der Waals surface area contributed by atoms with Crippen molar-refractivity contribution in [1.82, 2.24) is 0 Å². The number of fused-ring (bicyclic) bond motifs is 5. The third kappa shape index (κ3) is 2.10. The number of aliphatic hydroxyl groups excluding tert-OH is 1. The highest BCUT2D eigenvalue weighted by atomic mass is 19.1. The summed E-state index contributed by atoms with van der Waals surface area (Å²) in [4.78, 5) is 12.3. The zero-order valence-electron chi connectivity index (χ0n) is 14.8. The molecule has 26 heavy (non-hydrogen) atoms. The minimum Gasteiger partial charge on any atom is -0.508 e. The summed E-state index contributed by atoms with van der Waals surface area (Å²) in [5.74, 6) is -0.478. The topological polar surface area (TPSA) is 77.8 Å². The molecule has 138 valence electrons. The molecule has 0 saturated heterocycles. The van der Waals surface area contributed by atoms with Crippen molar-refractivity contribution in [2.24, 2.45) is 5.41 Å². The summed E-state index contributed by atoms with van der Waals surface area (Å²) in [6.07, 6.45) is 2.22. The Balaban J connectivity index is 1.92. The molecule has 1 fully saturated rings. The second kappa shape index (κ2) is 5.76. The number of rotatable bonds is 3. The number of aromatic hydroxyl groups is 1. The van der Waals surface area contributed by atoms with Gasteiger partial charge in [0.25, 0.3) is 0 Å². The van der Waals surface area contributed by atoms with Gasteiger partial charge in [0, 0.05) is 5.41 Å². The fourth-order valence-electron chi connectivity index (χ4n) is 5.37. The number of halogens is 1. The summed E-state index contributed by atoms with van der Waals surface area (Å²) >= 11 is 0. The van der Waals surface area contributed by atoms with Gasteiger partial charge in [-0.25, -0.2) is 4.39 Å². The lowest BCUT2D eigenvalue weighted by atomic mass is 9.60. The Labute approximate surface area is 151 Å². The largest absolute Gasteiger partial charge is 0.508 e. The first kappa shape index (κ1) is 17.4. The Bertz CT molecular complexity index is 909. The number of phenolic OH excluding ortho intramolecular Hbond substituents is 1. The molecule has 0 amide bonds. The van der Waals surface area contributed by atoms with Crippen LogP contribution in [0.15, 0.2) is 24.3 Å². The number of carbonyl (C=O) groups excluding carboxylic acids is 1. The van der Waals surface area contributed by atoms with Crippen molar-refractivity contribution in [2.45, 2.75) is 50.8 Å². The van der Waals surface area contributed by atoms with Gasteiger partial charge in [-0.05, 0) is 71.2 Å². The zero-order chi connectivity index (χ0) is 18.7. The van der Waals surface area contributed by atoms with E-state index < -0.39 is 30.1 Å². The van der Waals surface area contributed by atoms with Gasteiger partial charge in [-0.1, -0.05) is 19.1 Å². The molecule has 0 bridgehead atoms. The van der Waals surface area contributed by atoms with E-state index in [0.717, 1.165) is 21.9 Å². The number of aliphatic hydroxyl groups is 2. The normalized spacial score (nSPS) is 30.2. The molecule has 3 atom stereocenters. The van der Waals surface area contributed by atoms with E-state index in [1.165, 1.54) is 0 Å². The van der Waals surface area contributed by atoms with Crippen molar-refractivity contribution in [3.8, 4) is 5.75 Å². The van der Waals surface area contributed by atoms with E-state index in [2.05, 4.69) is 0 Å². The van der Waals surface area contributed by atoms with Crippen LogP contribution in [0.25, 0.3) is 10.8 Å². The molecule has 0 heterocycles. The van der Waals surface area contributed by atoms with Crippen LogP contribution >= 0.6 is 0 Å². The lowest BCUT2D eigenvalue weighted by molar-refractivity contribution is -0.153. The maximum atomic E-state index is 13.7. The van der Waals surface area contributed by atoms with Crippen molar-refractivity contribution in [3.63, 3.8) is 0 Å². The number of hydrogen-bond acceptors (Lipinski definition) is 4. The Kier molecular flexibility index (Phi) is 3.86. The number of aryl methyl sites for hydroxylation is 1. The van der Waals surface area contributed by atoms with Crippen LogP contribution in [-0.4, -0.2) is 33.3 Å². The van der Waals surface area contributed by atoms with Gasteiger partial charge >= 0.3 is 0 Å². The molecule has 0 unspecified atom stereocenters. The van der Waals surface area contributed by atoms with Gasteiger partial charge < -0.3 is 15.3 Å². The maximum absolute atomic E-state index is 13.7. The van der Waals surface area contributed by atoms with E-state index in [-0.39, 0.29) is 11.7 Å². The Morgan fingerprint density at radius 3 is 2.73 bits per heavy atom. The van der Waals surface area contributed by atoms with E-state index in [1.54, 1.807) is 12.1 Å². The predicted octanol–water partition coefficient (Wildman–Crippen LogP) is 3.14. The Hall–Kier alpha value is -1.98. The zero-order valence-corrected chi connectivity index (χ0v) is 14.8. The van der Waals surface area contributed by atoms with Crippen LogP contribution in [0.4, 0.5) is 4.39 Å². The first-order chi connectivity index (χ1) is 12.4. The molecule has 2 aliphatic rings. The monoisotopic (exact) mass is 358 g/mol. The number of alkyl halides is 1. The fourth-order valence-corrected chi connectivity index (χ4v) is 5.37. The summed E-state index contributed by atoms with van der Waals surface area (Å²) in [6, 6.07) is 6.87. The Morgan fingerprint density at radius 2 is 2.04 bits per heavy atom.